The summed E-state index contributed by atoms with van der Waals surface area (Å²) >= 11 is 0. The van der Waals surface area contributed by atoms with E-state index in [0.29, 0.717) is 18.2 Å². The summed E-state index contributed by atoms with van der Waals surface area (Å²) in [6, 6.07) is 10.0. The first kappa shape index (κ1) is 15.7. The summed E-state index contributed by atoms with van der Waals surface area (Å²) in [6.07, 6.45) is 2.80. The molecule has 0 N–H and O–H groups in total. The van der Waals surface area contributed by atoms with Crippen molar-refractivity contribution in [1.29, 1.82) is 0 Å². The topological polar surface area (TPSA) is 54.3 Å². The van der Waals surface area contributed by atoms with Gasteiger partial charge in [0.1, 0.15) is 0 Å². The Kier molecular flexibility index (Phi) is 4.71. The van der Waals surface area contributed by atoms with Crippen LogP contribution >= 0.6 is 0 Å². The Morgan fingerprint density at radius 1 is 1.30 bits per heavy atom. The quantitative estimate of drug-likeness (QED) is 0.836. The first-order valence-corrected chi connectivity index (χ1v) is 8.00. The van der Waals surface area contributed by atoms with Crippen LogP contribution in [0.4, 0.5) is 0 Å². The summed E-state index contributed by atoms with van der Waals surface area (Å²) < 4.78 is 1.72. The number of carbonyl (C=O) groups excluding carboxylic acids is 1. The van der Waals surface area contributed by atoms with Crippen LogP contribution in [0.1, 0.15) is 22.5 Å². The highest BCUT2D eigenvalue weighted by Gasteiger charge is 2.28. The van der Waals surface area contributed by atoms with E-state index >= 15 is 0 Å². The largest absolute Gasteiger partial charge is 0.337 e. The van der Waals surface area contributed by atoms with Crippen molar-refractivity contribution in [2.75, 3.05) is 33.7 Å². The second-order valence-corrected chi connectivity index (χ2v) is 6.46. The monoisotopic (exact) mass is 313 g/mol. The Labute approximate surface area is 136 Å². The Balaban J connectivity index is 1.61. The summed E-state index contributed by atoms with van der Waals surface area (Å²) in [6.45, 7) is 3.26. The van der Waals surface area contributed by atoms with Crippen LogP contribution in [0.15, 0.2) is 36.5 Å². The molecule has 0 radical (unpaired) electrons. The van der Waals surface area contributed by atoms with E-state index in [0.717, 1.165) is 31.6 Å². The lowest BCUT2D eigenvalue weighted by Crippen LogP contribution is -2.31. The number of hydrogen-bond donors (Lipinski definition) is 0. The minimum absolute atomic E-state index is 0.00873. The first-order valence-electron chi connectivity index (χ1n) is 8.00. The maximum atomic E-state index is 12.5. The van der Waals surface area contributed by atoms with Crippen molar-refractivity contribution in [3.8, 4) is 0 Å². The highest BCUT2D eigenvalue weighted by molar-refractivity contribution is 5.92. The molecule has 6 heteroatoms. The van der Waals surface area contributed by atoms with Gasteiger partial charge in [0.05, 0.1) is 12.7 Å². The van der Waals surface area contributed by atoms with Crippen LogP contribution in [0.5, 0.6) is 0 Å². The fourth-order valence-corrected chi connectivity index (χ4v) is 3.09. The molecule has 1 atom stereocenters. The number of rotatable bonds is 5. The van der Waals surface area contributed by atoms with E-state index < -0.39 is 0 Å². The van der Waals surface area contributed by atoms with Crippen LogP contribution in [-0.4, -0.2) is 64.4 Å². The average Bonchev–Trinajstić information content (AvgIpc) is 3.17. The summed E-state index contributed by atoms with van der Waals surface area (Å²) in [5.74, 6) is 0.541. The van der Waals surface area contributed by atoms with Gasteiger partial charge in [0, 0.05) is 19.6 Å². The average molecular weight is 313 g/mol. The normalized spacial score (nSPS) is 17.9. The van der Waals surface area contributed by atoms with Crippen LogP contribution in [0, 0.1) is 5.92 Å². The predicted octanol–water partition coefficient (Wildman–Crippen LogP) is 1.35. The number of hydrogen-bond acceptors (Lipinski definition) is 4. The van der Waals surface area contributed by atoms with Gasteiger partial charge in [0.25, 0.3) is 5.91 Å². The summed E-state index contributed by atoms with van der Waals surface area (Å²) in [5.41, 5.74) is 1.58. The van der Waals surface area contributed by atoms with Crippen LogP contribution in [0.25, 0.3) is 0 Å². The molecule has 1 amide bonds. The first-order chi connectivity index (χ1) is 11.1. The summed E-state index contributed by atoms with van der Waals surface area (Å²) in [7, 11) is 4.14. The third-order valence-corrected chi connectivity index (χ3v) is 4.14. The highest BCUT2D eigenvalue weighted by Crippen LogP contribution is 2.18. The smallest absolute Gasteiger partial charge is 0.276 e. The van der Waals surface area contributed by atoms with Gasteiger partial charge in [-0.25, -0.2) is 4.68 Å². The molecule has 23 heavy (non-hydrogen) atoms. The summed E-state index contributed by atoms with van der Waals surface area (Å²) in [4.78, 5) is 16.6. The number of aromatic nitrogens is 3. The highest BCUT2D eigenvalue weighted by atomic mass is 16.2. The fraction of sp³-hybridized carbons (Fsp3) is 0.471. The number of benzene rings is 1. The van der Waals surface area contributed by atoms with E-state index in [1.165, 1.54) is 0 Å². The van der Waals surface area contributed by atoms with Crippen molar-refractivity contribution in [3.63, 3.8) is 0 Å². The van der Waals surface area contributed by atoms with E-state index in [9.17, 15) is 4.79 Å². The van der Waals surface area contributed by atoms with Crippen LogP contribution in [-0.2, 0) is 6.54 Å². The van der Waals surface area contributed by atoms with Gasteiger partial charge >= 0.3 is 0 Å². The maximum absolute atomic E-state index is 12.5. The Morgan fingerprint density at radius 3 is 2.83 bits per heavy atom. The third-order valence-electron chi connectivity index (χ3n) is 4.14. The van der Waals surface area contributed by atoms with Gasteiger partial charge in [0.15, 0.2) is 5.69 Å². The van der Waals surface area contributed by atoms with Crippen LogP contribution in [0.3, 0.4) is 0 Å². The predicted molar refractivity (Wildman–Crippen MR) is 88.1 cm³/mol. The van der Waals surface area contributed by atoms with Gasteiger partial charge in [-0.3, -0.25) is 4.79 Å². The van der Waals surface area contributed by atoms with E-state index in [2.05, 4.69) is 29.3 Å². The molecule has 3 rings (SSSR count). The molecule has 1 saturated heterocycles. The second-order valence-electron chi connectivity index (χ2n) is 6.46. The Hall–Kier alpha value is -2.21. The fourth-order valence-electron chi connectivity index (χ4n) is 3.09. The molecular formula is C17H23N5O. The standard InChI is InChI=1S/C17H23N5O/c1-20(2)10-15-8-9-21(11-15)17(23)16-13-22(19-18-16)12-14-6-4-3-5-7-14/h3-7,13,15H,8-12H2,1-2H3. The minimum atomic E-state index is -0.00873. The molecule has 2 aromatic rings. The molecular weight excluding hydrogens is 290 g/mol. The number of carbonyl (C=O) groups is 1. The van der Waals surface area contributed by atoms with Gasteiger partial charge < -0.3 is 9.80 Å². The summed E-state index contributed by atoms with van der Waals surface area (Å²) in [5, 5.41) is 8.14. The lowest BCUT2D eigenvalue weighted by molar-refractivity contribution is 0.0779. The Bertz CT molecular complexity index is 652. The van der Waals surface area contributed by atoms with Gasteiger partial charge in [-0.05, 0) is 32.0 Å². The molecule has 0 aliphatic carbocycles. The molecule has 0 spiro atoms. The maximum Gasteiger partial charge on any atom is 0.276 e. The number of amides is 1. The van der Waals surface area contributed by atoms with Crippen molar-refractivity contribution in [2.24, 2.45) is 5.92 Å². The number of nitrogens with zero attached hydrogens (tertiary/aromatic N) is 5. The molecule has 0 saturated carbocycles. The van der Waals surface area contributed by atoms with E-state index in [-0.39, 0.29) is 5.91 Å². The molecule has 1 unspecified atom stereocenters. The zero-order valence-corrected chi connectivity index (χ0v) is 13.7. The molecule has 1 aliphatic heterocycles. The number of likely N-dealkylation sites (tertiary alicyclic amines) is 1. The molecule has 1 aromatic heterocycles. The van der Waals surface area contributed by atoms with E-state index in [1.807, 2.05) is 35.2 Å². The zero-order valence-electron chi connectivity index (χ0n) is 13.7. The zero-order chi connectivity index (χ0) is 16.2. The molecule has 6 nitrogen and oxygen atoms in total. The van der Waals surface area contributed by atoms with Gasteiger partial charge in [-0.2, -0.15) is 0 Å². The van der Waals surface area contributed by atoms with Crippen molar-refractivity contribution in [1.82, 2.24) is 24.8 Å². The van der Waals surface area contributed by atoms with Crippen molar-refractivity contribution in [2.45, 2.75) is 13.0 Å². The van der Waals surface area contributed by atoms with Crippen LogP contribution in [0.2, 0.25) is 0 Å². The SMILES string of the molecule is CN(C)CC1CCN(C(=O)c2cn(Cc3ccccc3)nn2)C1. The lowest BCUT2D eigenvalue weighted by Gasteiger charge is -2.17. The molecule has 1 aromatic carbocycles. The molecule has 1 fully saturated rings. The molecule has 0 bridgehead atoms. The third kappa shape index (κ3) is 3.96. The van der Waals surface area contributed by atoms with Crippen LogP contribution < -0.4 is 0 Å². The van der Waals surface area contributed by atoms with Gasteiger partial charge in [0.2, 0.25) is 0 Å². The Morgan fingerprint density at radius 2 is 2.09 bits per heavy atom. The van der Waals surface area contributed by atoms with E-state index in [4.69, 9.17) is 0 Å². The lowest BCUT2D eigenvalue weighted by atomic mass is 10.1. The molecule has 1 aliphatic rings. The molecule has 122 valence electrons. The van der Waals surface area contributed by atoms with Crippen molar-refractivity contribution in [3.05, 3.63) is 47.8 Å². The molecule has 2 heterocycles. The second kappa shape index (κ2) is 6.91. The van der Waals surface area contributed by atoms with Gasteiger partial charge in [-0.1, -0.05) is 35.5 Å². The van der Waals surface area contributed by atoms with Gasteiger partial charge in [-0.15, -0.1) is 5.10 Å². The minimum Gasteiger partial charge on any atom is -0.337 e. The van der Waals surface area contributed by atoms with E-state index in [1.54, 1.807) is 10.9 Å². The van der Waals surface area contributed by atoms with Crippen molar-refractivity contribution < 1.29 is 4.79 Å². The van der Waals surface area contributed by atoms with Crippen molar-refractivity contribution >= 4 is 5.91 Å².